The zero-order chi connectivity index (χ0) is 7.68. The van der Waals surface area contributed by atoms with Crippen LogP contribution in [0.15, 0.2) is 30.3 Å². The van der Waals surface area contributed by atoms with E-state index in [1.165, 1.54) is 18.4 Å². The van der Waals surface area contributed by atoms with Crippen LogP contribution in [-0.2, 0) is 0 Å². The molecule has 0 saturated heterocycles. The van der Waals surface area contributed by atoms with Gasteiger partial charge in [-0.3, -0.25) is 0 Å². The Bertz CT molecular complexity index is 221. The molecule has 1 aromatic carbocycles. The summed E-state index contributed by atoms with van der Waals surface area (Å²) in [4.78, 5) is 0. The molecule has 1 aliphatic rings. The third-order valence-electron chi connectivity index (χ3n) is 2.42. The van der Waals surface area contributed by atoms with E-state index >= 15 is 0 Å². The van der Waals surface area contributed by atoms with Crippen molar-refractivity contribution >= 4 is 0 Å². The average Bonchev–Trinajstić information content (AvgIpc) is 2.87. The van der Waals surface area contributed by atoms with Gasteiger partial charge in [0.25, 0.3) is 0 Å². The van der Waals surface area contributed by atoms with Crippen molar-refractivity contribution in [1.82, 2.24) is 0 Å². The lowest BCUT2D eigenvalue weighted by atomic mass is 9.97. The maximum atomic E-state index is 4.17. The summed E-state index contributed by atoms with van der Waals surface area (Å²) >= 11 is 0. The Labute approximate surface area is 68.3 Å². The van der Waals surface area contributed by atoms with Gasteiger partial charge in [-0.15, -0.1) is 0 Å². The molecule has 0 spiro atoms. The number of hydrogen-bond donors (Lipinski definition) is 0. The number of benzene rings is 1. The molecule has 1 aliphatic carbocycles. The molecule has 11 heavy (non-hydrogen) atoms. The van der Waals surface area contributed by atoms with Crippen LogP contribution in [0.25, 0.3) is 0 Å². The van der Waals surface area contributed by atoms with Crippen LogP contribution in [0, 0.1) is 12.8 Å². The van der Waals surface area contributed by atoms with Gasteiger partial charge < -0.3 is 0 Å². The van der Waals surface area contributed by atoms with Gasteiger partial charge in [0, 0.05) is 0 Å². The van der Waals surface area contributed by atoms with E-state index in [0.29, 0.717) is 5.92 Å². The van der Waals surface area contributed by atoms with Crippen molar-refractivity contribution in [2.24, 2.45) is 5.92 Å². The molecule has 57 valence electrons. The van der Waals surface area contributed by atoms with Crippen molar-refractivity contribution < 1.29 is 0 Å². The Morgan fingerprint density at radius 2 is 1.82 bits per heavy atom. The summed E-state index contributed by atoms with van der Waals surface area (Å²) in [5.74, 6) is 1.41. The van der Waals surface area contributed by atoms with E-state index in [9.17, 15) is 0 Å². The molecule has 1 fully saturated rings. The second kappa shape index (κ2) is 2.69. The van der Waals surface area contributed by atoms with Gasteiger partial charge in [0.05, 0.1) is 0 Å². The third-order valence-corrected chi connectivity index (χ3v) is 2.42. The first-order valence-electron chi connectivity index (χ1n) is 4.26. The Morgan fingerprint density at radius 1 is 1.18 bits per heavy atom. The Hall–Kier alpha value is -0.780. The quantitative estimate of drug-likeness (QED) is 0.600. The summed E-state index contributed by atoms with van der Waals surface area (Å²) in [5, 5.41) is 0. The summed E-state index contributed by atoms with van der Waals surface area (Å²) < 4.78 is 0. The van der Waals surface area contributed by atoms with Crippen molar-refractivity contribution in [3.05, 3.63) is 42.8 Å². The number of hydrogen-bond acceptors (Lipinski definition) is 0. The van der Waals surface area contributed by atoms with Crippen LogP contribution in [0.1, 0.15) is 24.3 Å². The summed E-state index contributed by atoms with van der Waals surface area (Å²) in [6.45, 7) is 4.17. The molecule has 1 saturated carbocycles. The van der Waals surface area contributed by atoms with Crippen LogP contribution in [0.2, 0.25) is 0 Å². The zero-order valence-electron chi connectivity index (χ0n) is 6.66. The molecule has 0 heteroatoms. The fraction of sp³-hybridized carbons (Fsp3) is 0.364. The van der Waals surface area contributed by atoms with Gasteiger partial charge in [0.1, 0.15) is 0 Å². The van der Waals surface area contributed by atoms with Gasteiger partial charge in [-0.2, -0.15) is 0 Å². The van der Waals surface area contributed by atoms with E-state index in [-0.39, 0.29) is 0 Å². The lowest BCUT2D eigenvalue weighted by Gasteiger charge is -2.08. The summed E-state index contributed by atoms with van der Waals surface area (Å²) in [6.07, 6.45) is 2.76. The third kappa shape index (κ3) is 1.45. The first-order chi connectivity index (χ1) is 5.38. The fourth-order valence-corrected chi connectivity index (χ4v) is 1.47. The molecule has 0 bridgehead atoms. The van der Waals surface area contributed by atoms with Crippen molar-refractivity contribution in [2.45, 2.75) is 18.8 Å². The molecule has 1 radical (unpaired) electrons. The van der Waals surface area contributed by atoms with Gasteiger partial charge in [0.2, 0.25) is 0 Å². The smallest absolute Gasteiger partial charge is 0.0133 e. The summed E-state index contributed by atoms with van der Waals surface area (Å²) in [5.41, 5.74) is 1.40. The highest BCUT2D eigenvalue weighted by Gasteiger charge is 2.28. The van der Waals surface area contributed by atoms with Crippen molar-refractivity contribution in [3.8, 4) is 0 Å². The Kier molecular flexibility index (Phi) is 1.69. The van der Waals surface area contributed by atoms with Gasteiger partial charge in [-0.1, -0.05) is 30.3 Å². The normalized spacial score (nSPS) is 19.7. The summed E-state index contributed by atoms with van der Waals surface area (Å²) in [7, 11) is 0. The van der Waals surface area contributed by atoms with Gasteiger partial charge in [-0.05, 0) is 37.2 Å². The van der Waals surface area contributed by atoms with Crippen LogP contribution in [0.4, 0.5) is 0 Å². The monoisotopic (exact) mass is 145 g/mol. The molecule has 0 N–H and O–H groups in total. The maximum Gasteiger partial charge on any atom is -0.0133 e. The minimum absolute atomic E-state index is 0.538. The molecular formula is C11H13. The van der Waals surface area contributed by atoms with E-state index in [4.69, 9.17) is 0 Å². The molecule has 1 unspecified atom stereocenters. The predicted molar refractivity (Wildman–Crippen MR) is 47.3 cm³/mol. The summed E-state index contributed by atoms with van der Waals surface area (Å²) in [6, 6.07) is 10.6. The van der Waals surface area contributed by atoms with E-state index in [2.05, 4.69) is 37.3 Å². The minimum Gasteiger partial charge on any atom is -0.0622 e. The molecule has 0 heterocycles. The predicted octanol–water partition coefficient (Wildman–Crippen LogP) is 3.01. The van der Waals surface area contributed by atoms with Crippen molar-refractivity contribution in [1.29, 1.82) is 0 Å². The molecule has 1 atom stereocenters. The Morgan fingerprint density at radius 3 is 2.36 bits per heavy atom. The van der Waals surface area contributed by atoms with E-state index in [0.717, 1.165) is 5.92 Å². The van der Waals surface area contributed by atoms with Crippen LogP contribution < -0.4 is 0 Å². The van der Waals surface area contributed by atoms with Crippen LogP contribution in [0.3, 0.4) is 0 Å². The Balaban J connectivity index is 2.15. The second-order valence-electron chi connectivity index (χ2n) is 3.35. The van der Waals surface area contributed by atoms with Crippen LogP contribution in [-0.4, -0.2) is 0 Å². The standard InChI is InChI=1S/C11H13/c1-9(11-7-8-11)10-5-3-2-4-6-10/h2-6,9,11H,1,7-8H2. The van der Waals surface area contributed by atoms with Gasteiger partial charge in [-0.25, -0.2) is 0 Å². The van der Waals surface area contributed by atoms with Crippen LogP contribution in [0.5, 0.6) is 0 Å². The first-order valence-corrected chi connectivity index (χ1v) is 4.26. The van der Waals surface area contributed by atoms with Gasteiger partial charge in [0.15, 0.2) is 0 Å². The van der Waals surface area contributed by atoms with E-state index in [1.54, 1.807) is 0 Å². The zero-order valence-corrected chi connectivity index (χ0v) is 6.66. The molecular weight excluding hydrogens is 132 g/mol. The molecule has 0 nitrogen and oxygen atoms in total. The highest BCUT2D eigenvalue weighted by Crippen LogP contribution is 2.41. The first kappa shape index (κ1) is 6.90. The minimum atomic E-state index is 0.538. The molecule has 2 rings (SSSR count). The second-order valence-corrected chi connectivity index (χ2v) is 3.35. The SMILES string of the molecule is [CH2]C(c1ccccc1)C1CC1. The van der Waals surface area contributed by atoms with Crippen molar-refractivity contribution in [3.63, 3.8) is 0 Å². The molecule has 0 amide bonds. The highest BCUT2D eigenvalue weighted by molar-refractivity contribution is 5.22. The topological polar surface area (TPSA) is 0 Å². The number of rotatable bonds is 2. The maximum absolute atomic E-state index is 4.17. The lowest BCUT2D eigenvalue weighted by Crippen LogP contribution is -1.94. The highest BCUT2D eigenvalue weighted by atomic mass is 14.3. The van der Waals surface area contributed by atoms with Gasteiger partial charge >= 0.3 is 0 Å². The fourth-order valence-electron chi connectivity index (χ4n) is 1.47. The van der Waals surface area contributed by atoms with E-state index < -0.39 is 0 Å². The molecule has 0 aliphatic heterocycles. The molecule has 0 aromatic heterocycles. The van der Waals surface area contributed by atoms with E-state index in [1.807, 2.05) is 0 Å². The van der Waals surface area contributed by atoms with Crippen molar-refractivity contribution in [2.75, 3.05) is 0 Å². The van der Waals surface area contributed by atoms with Crippen LogP contribution >= 0.6 is 0 Å². The largest absolute Gasteiger partial charge is 0.0622 e. The average molecular weight is 145 g/mol. The molecule has 1 aromatic rings. The lowest BCUT2D eigenvalue weighted by molar-refractivity contribution is 0.724.